The minimum absolute atomic E-state index is 0.143. The van der Waals surface area contributed by atoms with Crippen LogP contribution in [0.3, 0.4) is 0 Å². The summed E-state index contributed by atoms with van der Waals surface area (Å²) in [5.74, 6) is 1.38. The Morgan fingerprint density at radius 1 is 0.938 bits per heavy atom. The van der Waals surface area contributed by atoms with Gasteiger partial charge >= 0.3 is 5.97 Å². The van der Waals surface area contributed by atoms with Gasteiger partial charge in [-0.2, -0.15) is 5.10 Å². The van der Waals surface area contributed by atoms with Gasteiger partial charge in [-0.1, -0.05) is 0 Å². The van der Waals surface area contributed by atoms with Crippen molar-refractivity contribution in [1.29, 1.82) is 0 Å². The largest absolute Gasteiger partial charge is 0.494 e. The van der Waals surface area contributed by atoms with Crippen LogP contribution in [-0.2, 0) is 0 Å². The lowest BCUT2D eigenvalue weighted by atomic mass is 10.2. The Kier molecular flexibility index (Phi) is 6.31. The fourth-order valence-corrected chi connectivity index (χ4v) is 2.91. The van der Waals surface area contributed by atoms with E-state index in [1.165, 1.54) is 6.21 Å². The molecular weight excluding hydrogens is 412 g/mol. The molecule has 0 unspecified atom stereocenters. The molecule has 0 fully saturated rings. The van der Waals surface area contributed by atoms with Crippen molar-refractivity contribution in [2.45, 2.75) is 6.92 Å². The smallest absolute Gasteiger partial charge is 0.343 e. The minimum atomic E-state index is -0.467. The molecule has 8 heteroatoms. The Morgan fingerprint density at radius 3 is 2.38 bits per heavy atom. The molecule has 1 heterocycles. The second-order valence-electron chi connectivity index (χ2n) is 6.68. The maximum atomic E-state index is 12.3. The van der Waals surface area contributed by atoms with Gasteiger partial charge in [0.05, 0.1) is 18.4 Å². The molecule has 0 spiro atoms. The Labute approximate surface area is 184 Å². The summed E-state index contributed by atoms with van der Waals surface area (Å²) in [6.07, 6.45) is 1.49. The first-order valence-corrected chi connectivity index (χ1v) is 9.90. The number of nitrogens with zero attached hydrogens (tertiary/aromatic N) is 1. The third-order valence-corrected chi connectivity index (χ3v) is 4.51. The Bertz CT molecular complexity index is 1140. The lowest BCUT2D eigenvalue weighted by molar-refractivity contribution is 0.0734. The fraction of sp³-hybridized carbons (Fsp3) is 0.125. The van der Waals surface area contributed by atoms with E-state index in [2.05, 4.69) is 10.5 Å². The van der Waals surface area contributed by atoms with Gasteiger partial charge in [-0.05, 0) is 79.2 Å². The van der Waals surface area contributed by atoms with Crippen LogP contribution in [0, 0.1) is 0 Å². The molecule has 3 aromatic carbocycles. The second kappa shape index (κ2) is 9.65. The summed E-state index contributed by atoms with van der Waals surface area (Å²) in [5.41, 5.74) is 4.01. The van der Waals surface area contributed by atoms with E-state index in [1.807, 2.05) is 6.92 Å². The van der Waals surface area contributed by atoms with Crippen LogP contribution in [0.15, 0.2) is 71.8 Å². The third kappa shape index (κ3) is 5.04. The molecule has 4 rings (SSSR count). The maximum Gasteiger partial charge on any atom is 0.343 e. The fourth-order valence-electron chi connectivity index (χ4n) is 2.91. The first kappa shape index (κ1) is 20.9. The van der Waals surface area contributed by atoms with Crippen LogP contribution in [0.1, 0.15) is 33.2 Å². The SMILES string of the molecule is CCOc1ccc(C(=O)Oc2ccc(C=NNC(=O)c3ccc4c(c3)OCO4)cc2)cc1. The summed E-state index contributed by atoms with van der Waals surface area (Å²) < 4.78 is 21.2. The van der Waals surface area contributed by atoms with Crippen molar-refractivity contribution in [2.75, 3.05) is 13.4 Å². The first-order chi connectivity index (χ1) is 15.6. The number of hydrogen-bond donors (Lipinski definition) is 1. The lowest BCUT2D eigenvalue weighted by Gasteiger charge is -2.06. The molecule has 1 aliphatic rings. The van der Waals surface area contributed by atoms with Crippen LogP contribution in [0.2, 0.25) is 0 Å². The number of fused-ring (bicyclic) bond motifs is 1. The molecule has 3 aromatic rings. The zero-order chi connectivity index (χ0) is 22.3. The Balaban J connectivity index is 1.30. The number of hydrogen-bond acceptors (Lipinski definition) is 7. The number of hydrazone groups is 1. The summed E-state index contributed by atoms with van der Waals surface area (Å²) in [5, 5.41) is 3.96. The predicted molar refractivity (Wildman–Crippen MR) is 117 cm³/mol. The van der Waals surface area contributed by atoms with E-state index in [4.69, 9.17) is 18.9 Å². The van der Waals surface area contributed by atoms with Crippen LogP contribution in [0.4, 0.5) is 0 Å². The standard InChI is InChI=1S/C24H20N2O6/c1-2-29-19-10-5-17(6-11-19)24(28)32-20-8-3-16(4-9-20)14-25-26-23(27)18-7-12-21-22(13-18)31-15-30-21/h3-14H,2,15H2,1H3,(H,26,27). The molecule has 0 bridgehead atoms. The average molecular weight is 432 g/mol. The van der Waals surface area contributed by atoms with Gasteiger partial charge in [0, 0.05) is 5.56 Å². The van der Waals surface area contributed by atoms with Crippen molar-refractivity contribution < 1.29 is 28.5 Å². The number of benzene rings is 3. The van der Waals surface area contributed by atoms with E-state index in [0.717, 1.165) is 5.56 Å². The van der Waals surface area contributed by atoms with E-state index in [1.54, 1.807) is 66.7 Å². The second-order valence-corrected chi connectivity index (χ2v) is 6.68. The quantitative estimate of drug-likeness (QED) is 0.264. The van der Waals surface area contributed by atoms with Crippen molar-refractivity contribution in [3.63, 3.8) is 0 Å². The van der Waals surface area contributed by atoms with Gasteiger partial charge in [-0.25, -0.2) is 10.2 Å². The zero-order valence-corrected chi connectivity index (χ0v) is 17.2. The molecule has 1 amide bonds. The van der Waals surface area contributed by atoms with E-state index in [9.17, 15) is 9.59 Å². The van der Waals surface area contributed by atoms with Gasteiger partial charge in [-0.15, -0.1) is 0 Å². The van der Waals surface area contributed by atoms with Crippen LogP contribution in [-0.4, -0.2) is 31.5 Å². The van der Waals surface area contributed by atoms with E-state index in [-0.39, 0.29) is 12.7 Å². The van der Waals surface area contributed by atoms with Crippen molar-refractivity contribution >= 4 is 18.1 Å². The summed E-state index contributed by atoms with van der Waals surface area (Å²) in [6.45, 7) is 2.59. The zero-order valence-electron chi connectivity index (χ0n) is 17.2. The van der Waals surface area contributed by atoms with Gasteiger partial charge in [0.15, 0.2) is 11.5 Å². The lowest BCUT2D eigenvalue weighted by Crippen LogP contribution is -2.17. The third-order valence-electron chi connectivity index (χ3n) is 4.51. The number of nitrogens with one attached hydrogen (secondary N) is 1. The Morgan fingerprint density at radius 2 is 1.62 bits per heavy atom. The van der Waals surface area contributed by atoms with Crippen molar-refractivity contribution in [3.8, 4) is 23.0 Å². The number of carbonyl (C=O) groups is 2. The number of amides is 1. The minimum Gasteiger partial charge on any atom is -0.494 e. The maximum absolute atomic E-state index is 12.3. The normalized spacial score (nSPS) is 11.9. The van der Waals surface area contributed by atoms with E-state index in [0.29, 0.717) is 40.7 Å². The molecular formula is C24H20N2O6. The van der Waals surface area contributed by atoms with Gasteiger partial charge in [0.25, 0.3) is 5.91 Å². The highest BCUT2D eigenvalue weighted by Crippen LogP contribution is 2.32. The van der Waals surface area contributed by atoms with Crippen LogP contribution in [0.5, 0.6) is 23.0 Å². The average Bonchev–Trinajstić information content (AvgIpc) is 3.29. The molecule has 1 aliphatic heterocycles. The number of carbonyl (C=O) groups excluding carboxylic acids is 2. The summed E-state index contributed by atoms with van der Waals surface area (Å²) >= 11 is 0. The Hall–Kier alpha value is -4.33. The molecule has 0 atom stereocenters. The highest BCUT2D eigenvalue weighted by atomic mass is 16.7. The van der Waals surface area contributed by atoms with E-state index >= 15 is 0 Å². The molecule has 0 saturated heterocycles. The molecule has 162 valence electrons. The van der Waals surface area contributed by atoms with Crippen molar-refractivity contribution in [2.24, 2.45) is 5.10 Å². The molecule has 32 heavy (non-hydrogen) atoms. The monoisotopic (exact) mass is 432 g/mol. The predicted octanol–water partition coefficient (Wildman–Crippen LogP) is 3.80. The van der Waals surface area contributed by atoms with Crippen molar-refractivity contribution in [1.82, 2.24) is 5.43 Å². The van der Waals surface area contributed by atoms with Gasteiger partial charge in [-0.3, -0.25) is 4.79 Å². The van der Waals surface area contributed by atoms with Crippen LogP contribution < -0.4 is 24.4 Å². The highest BCUT2D eigenvalue weighted by molar-refractivity contribution is 5.95. The summed E-state index contributed by atoms with van der Waals surface area (Å²) in [7, 11) is 0. The molecule has 0 aromatic heterocycles. The topological polar surface area (TPSA) is 95.5 Å². The molecule has 8 nitrogen and oxygen atoms in total. The van der Waals surface area contributed by atoms with Crippen LogP contribution in [0.25, 0.3) is 0 Å². The first-order valence-electron chi connectivity index (χ1n) is 9.90. The highest BCUT2D eigenvalue weighted by Gasteiger charge is 2.16. The number of rotatable bonds is 7. The van der Waals surface area contributed by atoms with E-state index < -0.39 is 5.97 Å². The molecule has 0 saturated carbocycles. The van der Waals surface area contributed by atoms with Gasteiger partial charge in [0.2, 0.25) is 6.79 Å². The number of ether oxygens (including phenoxy) is 4. The van der Waals surface area contributed by atoms with Crippen molar-refractivity contribution in [3.05, 3.63) is 83.4 Å². The summed E-state index contributed by atoms with van der Waals surface area (Å²) in [6, 6.07) is 18.4. The molecule has 0 radical (unpaired) electrons. The molecule has 1 N–H and O–H groups in total. The van der Waals surface area contributed by atoms with Gasteiger partial charge < -0.3 is 18.9 Å². The summed E-state index contributed by atoms with van der Waals surface area (Å²) in [4.78, 5) is 24.5. The van der Waals surface area contributed by atoms with Crippen LogP contribution >= 0.6 is 0 Å². The number of esters is 1. The van der Waals surface area contributed by atoms with Gasteiger partial charge in [0.1, 0.15) is 11.5 Å². The molecule has 0 aliphatic carbocycles.